The van der Waals surface area contributed by atoms with Gasteiger partial charge in [-0.05, 0) is 5.84 Å². The third-order valence-corrected chi connectivity index (χ3v) is 0.110. The number of hydrogen-bond donors (Lipinski definition) is 2. The number of rotatable bonds is 0. The van der Waals surface area contributed by atoms with Crippen LogP contribution in [0.25, 0.3) is 0 Å². The van der Waals surface area contributed by atoms with Crippen LogP contribution in [0.15, 0.2) is 0 Å². The van der Waals surface area contributed by atoms with Gasteiger partial charge in [0.1, 0.15) is 0 Å². The largest absolute Gasteiger partial charge is 0.350 e. The number of nitrogens with two attached hydrogens (primary N) is 1. The Balaban J connectivity index is 2.85. The molecule has 0 fully saturated rings. The zero-order chi connectivity index (χ0) is 4.28. The van der Waals surface area contributed by atoms with Crippen molar-refractivity contribution in [2.45, 2.75) is 0 Å². The normalized spacial score (nSPS) is 6.60. The van der Waals surface area contributed by atoms with Crippen molar-refractivity contribution in [2.75, 3.05) is 0 Å². The van der Waals surface area contributed by atoms with Crippen LogP contribution in [0.3, 0.4) is 0 Å². The summed E-state index contributed by atoms with van der Waals surface area (Å²) in [7, 11) is 0. The zero-order valence-electron chi connectivity index (χ0n) is 2.43. The van der Waals surface area contributed by atoms with E-state index in [4.69, 9.17) is 5.84 Å². The minimum absolute atomic E-state index is 0.940. The van der Waals surface area contributed by atoms with Gasteiger partial charge in [0, 0.05) is 0 Å². The number of nitrogens with zero attached hydrogens (tertiary/aromatic N) is 1. The molecule has 0 rings (SSSR count). The highest BCUT2D eigenvalue weighted by molar-refractivity contribution is 5.70. The van der Waals surface area contributed by atoms with Crippen molar-refractivity contribution in [1.82, 2.24) is 11.3 Å². The third-order valence-electron chi connectivity index (χ3n) is 0.110. The topological polar surface area (TPSA) is 77.4 Å². The van der Waals surface area contributed by atoms with Gasteiger partial charge in [0.25, 0.3) is 0 Å². The van der Waals surface area contributed by atoms with Crippen molar-refractivity contribution < 1.29 is 4.79 Å². The van der Waals surface area contributed by atoms with E-state index >= 15 is 0 Å². The Morgan fingerprint density at radius 2 is 2.20 bits per heavy atom. The molecule has 0 aliphatic rings. The number of primary amides is 1. The SMILES string of the molecule is [N]NC(N)=O. The first-order chi connectivity index (χ1) is 2.27. The van der Waals surface area contributed by atoms with Gasteiger partial charge in [-0.1, -0.05) is 0 Å². The van der Waals surface area contributed by atoms with Crippen LogP contribution in [0.1, 0.15) is 0 Å². The molecule has 3 N–H and O–H groups in total. The Labute approximate surface area is 29.1 Å². The fourth-order valence-electron chi connectivity index (χ4n) is 0. The van der Waals surface area contributed by atoms with Gasteiger partial charge in [0.2, 0.25) is 0 Å². The van der Waals surface area contributed by atoms with Crippen LogP contribution in [0.5, 0.6) is 0 Å². The fraction of sp³-hybridized carbons (Fsp3) is 0. The lowest BCUT2D eigenvalue weighted by Crippen LogP contribution is -2.27. The summed E-state index contributed by atoms with van der Waals surface area (Å²) in [6.45, 7) is 0. The number of hydrogen-bond acceptors (Lipinski definition) is 1. The predicted octanol–water partition coefficient (Wildman–Crippen LogP) is -1.36. The summed E-state index contributed by atoms with van der Waals surface area (Å²) in [5, 5.41) is 0. The van der Waals surface area contributed by atoms with Crippen molar-refractivity contribution in [3.05, 3.63) is 0 Å². The number of nitrogens with one attached hydrogen (secondary N) is 1. The van der Waals surface area contributed by atoms with E-state index in [1.54, 1.807) is 0 Å². The fourth-order valence-corrected chi connectivity index (χ4v) is 0. The molecule has 5 heavy (non-hydrogen) atoms. The maximum Gasteiger partial charge on any atom is 0.329 e. The molecule has 0 spiro atoms. The van der Waals surface area contributed by atoms with Crippen molar-refractivity contribution in [2.24, 2.45) is 5.73 Å². The Bertz CT molecular complexity index is 42.2. The Morgan fingerprint density at radius 1 is 2.00 bits per heavy atom. The second-order valence-corrected chi connectivity index (χ2v) is 0.476. The first-order valence-electron chi connectivity index (χ1n) is 0.966. The molecule has 0 atom stereocenters. The summed E-state index contributed by atoms with van der Waals surface area (Å²) in [4.78, 5) is 9.23. The molecule has 0 saturated carbocycles. The standard InChI is InChI=1S/CH3N3O/c2-1(5)4-3/h(H3,2,4,5). The van der Waals surface area contributed by atoms with Crippen molar-refractivity contribution in [3.8, 4) is 0 Å². The van der Waals surface area contributed by atoms with Crippen molar-refractivity contribution >= 4 is 6.03 Å². The molecule has 2 radical (unpaired) electrons. The van der Waals surface area contributed by atoms with Gasteiger partial charge >= 0.3 is 6.03 Å². The molecule has 0 aliphatic carbocycles. The summed E-state index contributed by atoms with van der Waals surface area (Å²) in [5.74, 6) is 7.42. The van der Waals surface area contributed by atoms with E-state index in [2.05, 4.69) is 5.73 Å². The first-order valence-corrected chi connectivity index (χ1v) is 0.966. The summed E-state index contributed by atoms with van der Waals surface area (Å²) >= 11 is 0. The number of urea groups is 1. The van der Waals surface area contributed by atoms with Gasteiger partial charge in [-0.15, -0.1) is 0 Å². The molecule has 0 aromatic carbocycles. The zero-order valence-corrected chi connectivity index (χ0v) is 2.43. The van der Waals surface area contributed by atoms with Gasteiger partial charge in [-0.3, -0.25) is 0 Å². The van der Waals surface area contributed by atoms with E-state index in [0.717, 1.165) is 0 Å². The predicted molar refractivity (Wildman–Crippen MR) is 14.9 cm³/mol. The first kappa shape index (κ1) is 4.23. The molecule has 28 valence electrons. The van der Waals surface area contributed by atoms with E-state index < -0.39 is 6.03 Å². The highest BCUT2D eigenvalue weighted by Gasteiger charge is 1.76. The molecule has 0 saturated heterocycles. The van der Waals surface area contributed by atoms with Crippen LogP contribution in [-0.4, -0.2) is 6.03 Å². The van der Waals surface area contributed by atoms with Crippen LogP contribution in [0.2, 0.25) is 0 Å². The summed E-state index contributed by atoms with van der Waals surface area (Å²) in [5.41, 5.74) is 5.46. The highest BCUT2D eigenvalue weighted by Crippen LogP contribution is 1.36. The molecule has 0 aliphatic heterocycles. The quantitative estimate of drug-likeness (QED) is 0.341. The van der Waals surface area contributed by atoms with Gasteiger partial charge in [0.15, 0.2) is 0 Å². The molecule has 2 amide bonds. The molecule has 0 aromatic heterocycles. The maximum absolute atomic E-state index is 9.23. The second kappa shape index (κ2) is 1.54. The Kier molecular flexibility index (Phi) is 1.30. The number of amides is 2. The van der Waals surface area contributed by atoms with Gasteiger partial charge in [0.05, 0.1) is 0 Å². The number of carbonyl (C=O) groups is 1. The van der Waals surface area contributed by atoms with Crippen molar-refractivity contribution in [1.29, 1.82) is 0 Å². The van der Waals surface area contributed by atoms with E-state index in [1.165, 1.54) is 5.43 Å². The summed E-state index contributed by atoms with van der Waals surface area (Å²) in [6, 6.07) is -0.940. The second-order valence-electron chi connectivity index (χ2n) is 0.476. The molecule has 0 bridgehead atoms. The summed E-state index contributed by atoms with van der Waals surface area (Å²) in [6.07, 6.45) is 0. The lowest BCUT2D eigenvalue weighted by Gasteiger charge is -1.76. The van der Waals surface area contributed by atoms with Gasteiger partial charge in [-0.25, -0.2) is 10.2 Å². The lowest BCUT2D eigenvalue weighted by molar-refractivity contribution is 0.248. The lowest BCUT2D eigenvalue weighted by atomic mass is 11.2. The van der Waals surface area contributed by atoms with E-state index in [0.29, 0.717) is 0 Å². The molecular formula is CH3N3O. The smallest absolute Gasteiger partial charge is 0.329 e. The molecule has 0 unspecified atom stereocenters. The molecular weight excluding hydrogens is 70.0 g/mol. The van der Waals surface area contributed by atoms with Crippen LogP contribution in [0.4, 0.5) is 4.79 Å². The highest BCUT2D eigenvalue weighted by atomic mass is 16.2. The molecule has 4 heteroatoms. The molecule has 0 heterocycles. The Hall–Kier alpha value is -0.770. The average molecular weight is 73.1 g/mol. The monoisotopic (exact) mass is 73.0 g/mol. The number of carbonyl (C=O) groups excluding carboxylic acids is 1. The summed E-state index contributed by atoms with van der Waals surface area (Å²) < 4.78 is 0. The molecule has 0 aromatic rings. The van der Waals surface area contributed by atoms with Crippen LogP contribution < -0.4 is 17.0 Å². The van der Waals surface area contributed by atoms with Crippen molar-refractivity contribution in [3.63, 3.8) is 0 Å². The maximum atomic E-state index is 9.23. The van der Waals surface area contributed by atoms with Gasteiger partial charge < -0.3 is 5.73 Å². The molecule has 4 nitrogen and oxygen atoms in total. The third kappa shape index (κ3) is 3.23. The Morgan fingerprint density at radius 3 is 2.20 bits per heavy atom. The van der Waals surface area contributed by atoms with E-state index in [-0.39, 0.29) is 0 Å². The van der Waals surface area contributed by atoms with Gasteiger partial charge in [-0.2, -0.15) is 0 Å². The minimum Gasteiger partial charge on any atom is -0.350 e. The average Bonchev–Trinajstić information content (AvgIpc) is 1.38. The van der Waals surface area contributed by atoms with E-state index in [1.807, 2.05) is 0 Å². The van der Waals surface area contributed by atoms with Crippen LogP contribution in [0, 0.1) is 0 Å². The minimum atomic E-state index is -0.940. The van der Waals surface area contributed by atoms with E-state index in [9.17, 15) is 4.79 Å². The van der Waals surface area contributed by atoms with Crippen LogP contribution >= 0.6 is 0 Å². The van der Waals surface area contributed by atoms with Crippen LogP contribution in [-0.2, 0) is 0 Å².